The minimum Gasteiger partial charge on any atom is -0.273 e. The van der Waals surface area contributed by atoms with Crippen LogP contribution in [-0.4, -0.2) is 9.55 Å². The smallest absolute Gasteiger partial charge is 0.273 e. The number of aromatic nitrogens is 2. The molecule has 2 rings (SSSR count). The molecular weight excluding hydrogens is 298 g/mol. The fourth-order valence-corrected chi connectivity index (χ4v) is 1.77. The number of aromatic amines is 1. The van der Waals surface area contributed by atoms with Gasteiger partial charge in [0.25, 0.3) is 5.56 Å². The molecule has 0 amide bonds. The Morgan fingerprint density at radius 3 is 2.72 bits per heavy atom. The lowest BCUT2D eigenvalue weighted by atomic mass is 10.2. The van der Waals surface area contributed by atoms with Crippen LogP contribution >= 0.6 is 15.9 Å². The topological polar surface area (TPSA) is 78.7 Å². The lowest BCUT2D eigenvalue weighted by Crippen LogP contribution is -2.30. The molecule has 0 bridgehead atoms. The van der Waals surface area contributed by atoms with Gasteiger partial charge >= 0.3 is 5.69 Å². The molecule has 1 N–H and O–H groups in total. The quantitative estimate of drug-likeness (QED) is 0.866. The van der Waals surface area contributed by atoms with Crippen LogP contribution in [0.3, 0.4) is 0 Å². The Morgan fingerprint density at radius 2 is 2.11 bits per heavy atom. The third-order valence-electron chi connectivity index (χ3n) is 2.48. The third-order valence-corrected chi connectivity index (χ3v) is 3.37. The molecule has 0 fully saturated rings. The maximum absolute atomic E-state index is 11.7. The van der Waals surface area contributed by atoms with E-state index >= 15 is 0 Å². The van der Waals surface area contributed by atoms with Crippen molar-refractivity contribution in [1.82, 2.24) is 9.55 Å². The molecule has 90 valence electrons. The zero-order valence-electron chi connectivity index (χ0n) is 9.40. The van der Waals surface area contributed by atoms with Gasteiger partial charge in [-0.15, -0.1) is 0 Å². The van der Waals surface area contributed by atoms with E-state index in [4.69, 9.17) is 5.26 Å². The van der Waals surface area contributed by atoms with Crippen molar-refractivity contribution in [2.45, 2.75) is 6.92 Å². The highest BCUT2D eigenvalue weighted by atomic mass is 79.9. The minimum absolute atomic E-state index is 0.102. The van der Waals surface area contributed by atoms with Crippen LogP contribution in [-0.2, 0) is 0 Å². The Labute approximate surface area is 110 Å². The first-order valence-electron chi connectivity index (χ1n) is 5.05. The van der Waals surface area contributed by atoms with Crippen molar-refractivity contribution in [3.63, 3.8) is 0 Å². The molecular formula is C12H8BrN3O2. The highest BCUT2D eigenvalue weighted by Gasteiger charge is 2.06. The summed E-state index contributed by atoms with van der Waals surface area (Å²) in [6, 6.07) is 7.05. The van der Waals surface area contributed by atoms with E-state index in [0.29, 0.717) is 5.69 Å². The maximum atomic E-state index is 11.7. The van der Waals surface area contributed by atoms with Gasteiger partial charge in [0.1, 0.15) is 11.6 Å². The Balaban J connectivity index is 2.72. The standard InChI is InChI=1S/C12H8BrN3O2/c1-7-4-9(2-3-10(7)13)16-6-8(5-14)11(17)15-12(16)18/h2-4,6H,1H3,(H,15,17,18). The predicted molar refractivity (Wildman–Crippen MR) is 69.8 cm³/mol. The molecule has 1 heterocycles. The number of halogens is 1. The van der Waals surface area contributed by atoms with Gasteiger partial charge in [-0.3, -0.25) is 14.3 Å². The Morgan fingerprint density at radius 1 is 1.39 bits per heavy atom. The van der Waals surface area contributed by atoms with Crippen LogP contribution in [0.1, 0.15) is 11.1 Å². The summed E-state index contributed by atoms with van der Waals surface area (Å²) in [6.45, 7) is 1.88. The van der Waals surface area contributed by atoms with Crippen LogP contribution in [0.2, 0.25) is 0 Å². The van der Waals surface area contributed by atoms with E-state index in [0.717, 1.165) is 10.0 Å². The van der Waals surface area contributed by atoms with E-state index in [1.807, 2.05) is 6.92 Å². The van der Waals surface area contributed by atoms with Crippen LogP contribution < -0.4 is 11.2 Å². The average Bonchev–Trinajstić information content (AvgIpc) is 2.33. The molecule has 0 saturated heterocycles. The van der Waals surface area contributed by atoms with Crippen molar-refractivity contribution < 1.29 is 0 Å². The molecule has 0 saturated carbocycles. The van der Waals surface area contributed by atoms with E-state index in [-0.39, 0.29) is 5.56 Å². The van der Waals surface area contributed by atoms with Gasteiger partial charge in [-0.25, -0.2) is 4.79 Å². The van der Waals surface area contributed by atoms with Gasteiger partial charge in [0.05, 0.1) is 5.69 Å². The van der Waals surface area contributed by atoms with E-state index in [1.165, 1.54) is 10.8 Å². The molecule has 0 aliphatic rings. The summed E-state index contributed by atoms with van der Waals surface area (Å²) < 4.78 is 2.16. The maximum Gasteiger partial charge on any atom is 0.332 e. The second kappa shape index (κ2) is 4.63. The van der Waals surface area contributed by atoms with Crippen molar-refractivity contribution in [2.75, 3.05) is 0 Å². The number of rotatable bonds is 1. The van der Waals surface area contributed by atoms with Crippen LogP contribution in [0.15, 0.2) is 38.5 Å². The Kier molecular flexibility index (Phi) is 3.17. The summed E-state index contributed by atoms with van der Waals surface area (Å²) >= 11 is 3.36. The first-order valence-corrected chi connectivity index (χ1v) is 5.85. The molecule has 0 atom stereocenters. The molecule has 6 heteroatoms. The predicted octanol–water partition coefficient (Wildman–Crippen LogP) is 1.47. The summed E-state index contributed by atoms with van der Waals surface area (Å²) in [6.07, 6.45) is 1.24. The number of nitriles is 1. The second-order valence-corrected chi connectivity index (χ2v) is 4.57. The summed E-state index contributed by atoms with van der Waals surface area (Å²) in [5.41, 5.74) is 0.195. The van der Waals surface area contributed by atoms with Crippen molar-refractivity contribution in [3.05, 3.63) is 60.8 Å². The first-order chi connectivity index (χ1) is 8.52. The molecule has 0 aliphatic carbocycles. The summed E-state index contributed by atoms with van der Waals surface area (Å²) in [5, 5.41) is 8.79. The lowest BCUT2D eigenvalue weighted by Gasteiger charge is -2.07. The Hall–Kier alpha value is -2.13. The summed E-state index contributed by atoms with van der Waals surface area (Å²) in [4.78, 5) is 25.1. The monoisotopic (exact) mass is 305 g/mol. The number of nitrogens with zero attached hydrogens (tertiary/aromatic N) is 2. The van der Waals surface area contributed by atoms with Gasteiger partial charge in [-0.2, -0.15) is 5.26 Å². The molecule has 0 aliphatic heterocycles. The molecule has 0 radical (unpaired) electrons. The molecule has 1 aromatic carbocycles. The van der Waals surface area contributed by atoms with Crippen molar-refractivity contribution in [3.8, 4) is 11.8 Å². The van der Waals surface area contributed by atoms with Gasteiger partial charge in [-0.1, -0.05) is 15.9 Å². The lowest BCUT2D eigenvalue weighted by molar-refractivity contribution is 0.888. The van der Waals surface area contributed by atoms with Crippen LogP contribution in [0.25, 0.3) is 5.69 Å². The molecule has 2 aromatic rings. The van der Waals surface area contributed by atoms with Gasteiger partial charge in [0.15, 0.2) is 0 Å². The number of benzene rings is 1. The fourth-order valence-electron chi connectivity index (χ4n) is 1.52. The van der Waals surface area contributed by atoms with Crippen LogP contribution in [0.4, 0.5) is 0 Å². The molecule has 0 spiro atoms. The summed E-state index contributed by atoms with van der Waals surface area (Å²) in [7, 11) is 0. The van der Waals surface area contributed by atoms with Gasteiger partial charge in [0, 0.05) is 10.7 Å². The minimum atomic E-state index is -0.674. The van der Waals surface area contributed by atoms with E-state index in [2.05, 4.69) is 20.9 Å². The number of H-pyrrole nitrogens is 1. The van der Waals surface area contributed by atoms with E-state index in [1.54, 1.807) is 24.3 Å². The fraction of sp³-hybridized carbons (Fsp3) is 0.0833. The first kappa shape index (κ1) is 12.3. The second-order valence-electron chi connectivity index (χ2n) is 3.72. The molecule has 5 nitrogen and oxygen atoms in total. The number of hydrogen-bond acceptors (Lipinski definition) is 3. The van der Waals surface area contributed by atoms with Crippen LogP contribution in [0, 0.1) is 18.3 Å². The van der Waals surface area contributed by atoms with Crippen molar-refractivity contribution in [1.29, 1.82) is 5.26 Å². The van der Waals surface area contributed by atoms with Crippen molar-refractivity contribution >= 4 is 15.9 Å². The summed E-state index contributed by atoms with van der Waals surface area (Å²) in [5.74, 6) is 0. The van der Waals surface area contributed by atoms with E-state index in [9.17, 15) is 9.59 Å². The largest absolute Gasteiger partial charge is 0.332 e. The number of aryl methyl sites for hydroxylation is 1. The average molecular weight is 306 g/mol. The highest BCUT2D eigenvalue weighted by molar-refractivity contribution is 9.10. The zero-order chi connectivity index (χ0) is 13.3. The number of nitrogens with one attached hydrogen (secondary N) is 1. The van der Waals surface area contributed by atoms with Gasteiger partial charge in [-0.05, 0) is 30.7 Å². The third kappa shape index (κ3) is 2.13. The van der Waals surface area contributed by atoms with Gasteiger partial charge in [0.2, 0.25) is 0 Å². The highest BCUT2D eigenvalue weighted by Crippen LogP contribution is 2.18. The molecule has 1 aromatic heterocycles. The number of hydrogen-bond donors (Lipinski definition) is 1. The van der Waals surface area contributed by atoms with Gasteiger partial charge < -0.3 is 0 Å². The molecule has 0 unspecified atom stereocenters. The normalized spacial score (nSPS) is 10.1. The van der Waals surface area contributed by atoms with E-state index < -0.39 is 11.2 Å². The van der Waals surface area contributed by atoms with Crippen molar-refractivity contribution in [2.24, 2.45) is 0 Å². The SMILES string of the molecule is Cc1cc(-n2cc(C#N)c(=O)[nH]c2=O)ccc1Br. The van der Waals surface area contributed by atoms with Crippen LogP contribution in [0.5, 0.6) is 0 Å². The zero-order valence-corrected chi connectivity index (χ0v) is 11.0. The Bertz CT molecular complexity index is 768. The molecule has 18 heavy (non-hydrogen) atoms.